The number of aryl methyl sites for hydroxylation is 1. The Labute approximate surface area is 224 Å². The number of hydrogen-bond acceptors (Lipinski definition) is 7. The number of rotatable bonds is 8. The molecule has 11 heteroatoms. The lowest BCUT2D eigenvalue weighted by molar-refractivity contribution is 0.0935. The molecule has 0 spiro atoms. The highest BCUT2D eigenvalue weighted by atomic mass is 35.5. The predicted octanol–water partition coefficient (Wildman–Crippen LogP) is 1.85. The third-order valence-electron chi connectivity index (χ3n) is 6.88. The molecule has 2 aromatic heterocycles. The molecule has 0 aliphatic carbocycles. The Kier molecular flexibility index (Phi) is 7.55. The number of anilines is 1. The zero-order valence-electron chi connectivity index (χ0n) is 21.5. The largest absolute Gasteiger partial charge is 0.491 e. The third kappa shape index (κ3) is 5.33. The zero-order valence-corrected chi connectivity index (χ0v) is 22.2. The van der Waals surface area contributed by atoms with Crippen LogP contribution in [0.4, 0.5) is 5.95 Å². The van der Waals surface area contributed by atoms with Crippen LogP contribution in [0.3, 0.4) is 0 Å². The maximum atomic E-state index is 13.2. The van der Waals surface area contributed by atoms with E-state index in [1.165, 1.54) is 17.2 Å². The van der Waals surface area contributed by atoms with Crippen molar-refractivity contribution in [2.75, 3.05) is 37.7 Å². The highest BCUT2D eigenvalue weighted by molar-refractivity contribution is 6.30. The predicted molar refractivity (Wildman–Crippen MR) is 147 cm³/mol. The van der Waals surface area contributed by atoms with Crippen LogP contribution in [0.25, 0.3) is 11.2 Å². The monoisotopic (exact) mass is 538 g/mol. The number of benzene rings is 2. The Morgan fingerprint density at radius 1 is 0.974 bits per heavy atom. The van der Waals surface area contributed by atoms with Crippen molar-refractivity contribution in [1.82, 2.24) is 23.6 Å². The summed E-state index contributed by atoms with van der Waals surface area (Å²) in [5.41, 5.74) is 0.941. The maximum absolute atomic E-state index is 13.2. The molecule has 10 nitrogen and oxygen atoms in total. The van der Waals surface area contributed by atoms with Crippen LogP contribution in [-0.4, -0.2) is 67.6 Å². The van der Waals surface area contributed by atoms with Gasteiger partial charge in [0, 0.05) is 51.8 Å². The summed E-state index contributed by atoms with van der Waals surface area (Å²) in [6.45, 7) is 3.98. The number of halogens is 1. The van der Waals surface area contributed by atoms with Crippen LogP contribution in [0.5, 0.6) is 5.75 Å². The third-order valence-corrected chi connectivity index (χ3v) is 7.13. The Bertz CT molecular complexity index is 1520. The number of piperazine rings is 1. The van der Waals surface area contributed by atoms with Crippen molar-refractivity contribution in [2.24, 2.45) is 14.1 Å². The van der Waals surface area contributed by atoms with Crippen LogP contribution in [0.1, 0.15) is 5.56 Å². The first-order valence-corrected chi connectivity index (χ1v) is 12.9. The fourth-order valence-electron chi connectivity index (χ4n) is 4.78. The summed E-state index contributed by atoms with van der Waals surface area (Å²) in [6, 6.07) is 17.2. The van der Waals surface area contributed by atoms with E-state index in [0.29, 0.717) is 35.5 Å². The van der Waals surface area contributed by atoms with Crippen LogP contribution in [-0.2, 0) is 27.2 Å². The first kappa shape index (κ1) is 26.0. The van der Waals surface area contributed by atoms with Gasteiger partial charge in [-0.25, -0.2) is 4.79 Å². The number of imidazole rings is 1. The summed E-state index contributed by atoms with van der Waals surface area (Å²) in [7, 11) is 3.05. The molecule has 1 N–H and O–H groups in total. The number of nitrogens with zero attached hydrogens (tertiary/aromatic N) is 6. The number of aliphatic hydroxyl groups excluding tert-OH is 1. The molecule has 1 aliphatic heterocycles. The van der Waals surface area contributed by atoms with Crippen molar-refractivity contribution < 1.29 is 9.84 Å². The van der Waals surface area contributed by atoms with Gasteiger partial charge in [0.15, 0.2) is 11.2 Å². The second kappa shape index (κ2) is 11.0. The van der Waals surface area contributed by atoms with Crippen LogP contribution in [0, 0.1) is 0 Å². The van der Waals surface area contributed by atoms with Crippen molar-refractivity contribution in [3.63, 3.8) is 0 Å². The molecule has 1 aliphatic rings. The summed E-state index contributed by atoms with van der Waals surface area (Å²) in [5, 5.41) is 11.5. The summed E-state index contributed by atoms with van der Waals surface area (Å²) in [5.74, 6) is 1.14. The fraction of sp³-hybridized carbons (Fsp3) is 0.370. The van der Waals surface area contributed by atoms with E-state index < -0.39 is 17.4 Å². The molecule has 38 heavy (non-hydrogen) atoms. The minimum atomic E-state index is -0.928. The number of aromatic nitrogens is 4. The molecule has 2 aromatic carbocycles. The first-order valence-electron chi connectivity index (χ1n) is 12.6. The summed E-state index contributed by atoms with van der Waals surface area (Å²) in [6.07, 6.45) is -0.928. The Balaban J connectivity index is 1.40. The molecule has 0 radical (unpaired) electrons. The quantitative estimate of drug-likeness (QED) is 0.365. The molecule has 200 valence electrons. The van der Waals surface area contributed by atoms with Gasteiger partial charge in [-0.15, -0.1) is 0 Å². The van der Waals surface area contributed by atoms with Gasteiger partial charge < -0.3 is 19.3 Å². The van der Waals surface area contributed by atoms with E-state index in [-0.39, 0.29) is 18.7 Å². The SMILES string of the molecule is Cn1c(=O)c2c(nc(N3CCN(Cc4ccccc4)CC3)n2C[C@@H](O)COc2ccc(Cl)cc2)n(C)c1=O. The highest BCUT2D eigenvalue weighted by Crippen LogP contribution is 2.23. The van der Waals surface area contributed by atoms with E-state index in [4.69, 9.17) is 21.3 Å². The molecule has 1 fully saturated rings. The molecule has 0 bridgehead atoms. The topological polar surface area (TPSA) is 97.8 Å². The van der Waals surface area contributed by atoms with Crippen molar-refractivity contribution in [2.45, 2.75) is 19.2 Å². The first-order chi connectivity index (χ1) is 18.3. The van der Waals surface area contributed by atoms with E-state index in [9.17, 15) is 14.7 Å². The number of fused-ring (bicyclic) bond motifs is 1. The van der Waals surface area contributed by atoms with Gasteiger partial charge in [0.05, 0.1) is 6.54 Å². The molecule has 3 heterocycles. The number of ether oxygens (including phenoxy) is 1. The smallest absolute Gasteiger partial charge is 0.332 e. The normalized spacial score (nSPS) is 15.2. The average molecular weight is 539 g/mol. The highest BCUT2D eigenvalue weighted by Gasteiger charge is 2.27. The Morgan fingerprint density at radius 3 is 2.34 bits per heavy atom. The minimum absolute atomic E-state index is 0.0116. The van der Waals surface area contributed by atoms with Crippen LogP contribution in [0.2, 0.25) is 5.02 Å². The minimum Gasteiger partial charge on any atom is -0.491 e. The van der Waals surface area contributed by atoms with Crippen LogP contribution >= 0.6 is 11.6 Å². The summed E-state index contributed by atoms with van der Waals surface area (Å²) < 4.78 is 9.90. The molecule has 4 aromatic rings. The molecule has 5 rings (SSSR count). The lowest BCUT2D eigenvalue weighted by Gasteiger charge is -2.35. The molecular weight excluding hydrogens is 508 g/mol. The summed E-state index contributed by atoms with van der Waals surface area (Å²) in [4.78, 5) is 35.0. The fourth-order valence-corrected chi connectivity index (χ4v) is 4.91. The summed E-state index contributed by atoms with van der Waals surface area (Å²) >= 11 is 5.94. The van der Waals surface area contributed by atoms with Crippen LogP contribution in [0.15, 0.2) is 64.2 Å². The second-order valence-corrected chi connectivity index (χ2v) is 10.0. The van der Waals surface area contributed by atoms with Crippen molar-refractivity contribution >= 4 is 28.7 Å². The van der Waals surface area contributed by atoms with E-state index in [2.05, 4.69) is 21.9 Å². The van der Waals surface area contributed by atoms with Gasteiger partial charge in [0.1, 0.15) is 18.5 Å². The number of hydrogen-bond donors (Lipinski definition) is 1. The number of aliphatic hydroxyl groups is 1. The van der Waals surface area contributed by atoms with Crippen molar-refractivity contribution in [1.29, 1.82) is 0 Å². The molecule has 1 atom stereocenters. The molecule has 0 unspecified atom stereocenters. The van der Waals surface area contributed by atoms with Crippen molar-refractivity contribution in [3.8, 4) is 5.75 Å². The standard InChI is InChI=1S/C27H31ClN6O4/c1-30-24-23(25(36)31(2)27(30)37)34(17-21(35)18-38-22-10-8-20(28)9-11-22)26(29-24)33-14-12-32(13-15-33)16-19-6-4-3-5-7-19/h3-11,21,35H,12-18H2,1-2H3/t21-/m1/s1. The van der Waals surface area contributed by atoms with Gasteiger partial charge in [-0.3, -0.25) is 18.8 Å². The van der Waals surface area contributed by atoms with Gasteiger partial charge in [-0.2, -0.15) is 4.98 Å². The van der Waals surface area contributed by atoms with Gasteiger partial charge in [-0.1, -0.05) is 41.9 Å². The molecule has 1 saturated heterocycles. The lowest BCUT2D eigenvalue weighted by atomic mass is 10.2. The van der Waals surface area contributed by atoms with E-state index in [0.717, 1.165) is 24.2 Å². The molecular formula is C27H31ClN6O4. The van der Waals surface area contributed by atoms with E-state index in [1.807, 2.05) is 18.2 Å². The zero-order chi connectivity index (χ0) is 26.8. The van der Waals surface area contributed by atoms with E-state index >= 15 is 0 Å². The van der Waals surface area contributed by atoms with Crippen LogP contribution < -0.4 is 20.9 Å². The van der Waals surface area contributed by atoms with Gasteiger partial charge in [0.2, 0.25) is 5.95 Å². The van der Waals surface area contributed by atoms with Gasteiger partial charge >= 0.3 is 5.69 Å². The molecule has 0 saturated carbocycles. The lowest BCUT2D eigenvalue weighted by Crippen LogP contribution is -2.47. The van der Waals surface area contributed by atoms with Gasteiger partial charge in [-0.05, 0) is 29.8 Å². The maximum Gasteiger partial charge on any atom is 0.332 e. The van der Waals surface area contributed by atoms with E-state index in [1.54, 1.807) is 35.9 Å². The van der Waals surface area contributed by atoms with Crippen molar-refractivity contribution in [3.05, 3.63) is 86.0 Å². The van der Waals surface area contributed by atoms with Gasteiger partial charge in [0.25, 0.3) is 5.56 Å². The Hall–Kier alpha value is -3.60. The average Bonchev–Trinajstić information content (AvgIpc) is 3.30. The molecule has 0 amide bonds. The second-order valence-electron chi connectivity index (χ2n) is 9.57. The Morgan fingerprint density at radius 2 is 1.66 bits per heavy atom.